The van der Waals surface area contributed by atoms with Crippen molar-refractivity contribution < 1.29 is 22.7 Å². The molecule has 2 heterocycles. The van der Waals surface area contributed by atoms with Gasteiger partial charge in [-0.05, 0) is 26.3 Å². The number of aromatic nitrogens is 2. The van der Waals surface area contributed by atoms with Crippen LogP contribution in [0.25, 0.3) is 0 Å². The highest BCUT2D eigenvalue weighted by Gasteiger charge is 2.30. The monoisotopic (exact) mass is 327 g/mol. The van der Waals surface area contributed by atoms with E-state index in [1.165, 1.54) is 13.8 Å². The van der Waals surface area contributed by atoms with E-state index in [4.69, 9.17) is 4.42 Å². The van der Waals surface area contributed by atoms with Crippen LogP contribution in [0.2, 0.25) is 0 Å². The van der Waals surface area contributed by atoms with Gasteiger partial charge in [-0.3, -0.25) is 5.10 Å². The Morgan fingerprint density at radius 2 is 2.09 bits per heavy atom. The highest BCUT2D eigenvalue weighted by atomic mass is 32.2. The molecule has 22 heavy (non-hydrogen) atoms. The number of carboxylic acid groups (broad SMARTS) is 1. The van der Waals surface area contributed by atoms with Crippen LogP contribution in [0.1, 0.15) is 40.2 Å². The number of rotatable bonds is 6. The summed E-state index contributed by atoms with van der Waals surface area (Å²) in [6, 6.07) is 1.74. The normalized spacial score (nSPS) is 11.8. The van der Waals surface area contributed by atoms with Gasteiger partial charge >= 0.3 is 5.97 Å². The van der Waals surface area contributed by atoms with Crippen molar-refractivity contribution in [3.8, 4) is 0 Å². The molecule has 2 rings (SSSR count). The number of hydrogen-bond donors (Lipinski definition) is 3. The number of nitrogens with one attached hydrogen (secondary N) is 2. The van der Waals surface area contributed by atoms with Gasteiger partial charge in [0.15, 0.2) is 0 Å². The number of aromatic amines is 1. The van der Waals surface area contributed by atoms with Crippen LogP contribution in [0.15, 0.2) is 15.4 Å². The van der Waals surface area contributed by atoms with Crippen LogP contribution in [0.3, 0.4) is 0 Å². The molecule has 0 spiro atoms. The van der Waals surface area contributed by atoms with Crippen LogP contribution in [0.4, 0.5) is 0 Å². The zero-order chi connectivity index (χ0) is 16.5. The van der Waals surface area contributed by atoms with E-state index in [9.17, 15) is 18.3 Å². The van der Waals surface area contributed by atoms with Crippen molar-refractivity contribution in [2.24, 2.45) is 0 Å². The molecule has 0 amide bonds. The number of sulfonamides is 1. The molecule has 120 valence electrons. The van der Waals surface area contributed by atoms with E-state index in [1.807, 2.05) is 6.92 Å². The summed E-state index contributed by atoms with van der Waals surface area (Å²) in [5, 5.41) is 15.9. The number of hydrogen-bond acceptors (Lipinski definition) is 5. The Morgan fingerprint density at radius 3 is 2.64 bits per heavy atom. The quantitative estimate of drug-likeness (QED) is 0.735. The number of nitrogens with zero attached hydrogens (tertiary/aromatic N) is 1. The average Bonchev–Trinajstić information content (AvgIpc) is 3.00. The lowest BCUT2D eigenvalue weighted by Crippen LogP contribution is -2.25. The molecular weight excluding hydrogens is 310 g/mol. The molecule has 9 heteroatoms. The highest BCUT2D eigenvalue weighted by Crippen LogP contribution is 2.26. The second-order valence-corrected chi connectivity index (χ2v) is 6.49. The largest absolute Gasteiger partial charge is 0.478 e. The zero-order valence-corrected chi connectivity index (χ0v) is 13.2. The molecule has 0 aliphatic heterocycles. The van der Waals surface area contributed by atoms with Crippen molar-refractivity contribution in [2.75, 3.05) is 0 Å². The average molecular weight is 327 g/mol. The van der Waals surface area contributed by atoms with Gasteiger partial charge in [-0.2, -0.15) is 5.10 Å². The van der Waals surface area contributed by atoms with Crippen molar-refractivity contribution >= 4 is 16.0 Å². The summed E-state index contributed by atoms with van der Waals surface area (Å²) in [5.41, 5.74) is 1.06. The third-order valence-electron chi connectivity index (χ3n) is 3.19. The molecule has 0 unspecified atom stereocenters. The van der Waals surface area contributed by atoms with Gasteiger partial charge in [-0.15, -0.1) is 0 Å². The Balaban J connectivity index is 2.29. The van der Waals surface area contributed by atoms with E-state index in [-0.39, 0.29) is 28.5 Å². The molecule has 8 nitrogen and oxygen atoms in total. The maximum Gasteiger partial charge on any atom is 0.340 e. The van der Waals surface area contributed by atoms with Crippen LogP contribution < -0.4 is 4.72 Å². The predicted octanol–water partition coefficient (Wildman–Crippen LogP) is 1.36. The molecule has 0 saturated carbocycles. The van der Waals surface area contributed by atoms with Gasteiger partial charge in [0.25, 0.3) is 0 Å². The van der Waals surface area contributed by atoms with E-state index in [0.29, 0.717) is 5.69 Å². The summed E-state index contributed by atoms with van der Waals surface area (Å²) in [5.74, 6) is -1.24. The molecule has 3 N–H and O–H groups in total. The first-order valence-corrected chi connectivity index (χ1v) is 8.10. The van der Waals surface area contributed by atoms with Gasteiger partial charge < -0.3 is 9.52 Å². The summed E-state index contributed by atoms with van der Waals surface area (Å²) in [6.07, 6.45) is 0.729. The van der Waals surface area contributed by atoms with Gasteiger partial charge in [-0.25, -0.2) is 17.9 Å². The summed E-state index contributed by atoms with van der Waals surface area (Å²) < 4.78 is 32.2. The molecule has 2 aromatic rings. The number of carbonyl (C=O) groups is 1. The molecule has 0 atom stereocenters. The van der Waals surface area contributed by atoms with Gasteiger partial charge in [0, 0.05) is 0 Å². The molecule has 0 bridgehead atoms. The van der Waals surface area contributed by atoms with E-state index in [2.05, 4.69) is 14.9 Å². The van der Waals surface area contributed by atoms with Crippen LogP contribution in [0.5, 0.6) is 0 Å². The maximum absolute atomic E-state index is 12.4. The van der Waals surface area contributed by atoms with Gasteiger partial charge in [0.05, 0.1) is 17.9 Å². The molecule has 0 saturated heterocycles. The lowest BCUT2D eigenvalue weighted by molar-refractivity contribution is 0.0691. The van der Waals surface area contributed by atoms with Crippen LogP contribution >= 0.6 is 0 Å². The zero-order valence-electron chi connectivity index (χ0n) is 12.4. The molecule has 0 aromatic carbocycles. The van der Waals surface area contributed by atoms with E-state index in [0.717, 1.165) is 12.1 Å². The topological polar surface area (TPSA) is 125 Å². The summed E-state index contributed by atoms with van der Waals surface area (Å²) >= 11 is 0. The fraction of sp³-hybridized carbons (Fsp3) is 0.385. The molecule has 2 aromatic heterocycles. The van der Waals surface area contributed by atoms with Crippen LogP contribution in [0, 0.1) is 13.8 Å². The van der Waals surface area contributed by atoms with Crippen LogP contribution in [-0.4, -0.2) is 29.7 Å². The Morgan fingerprint density at radius 1 is 1.41 bits per heavy atom. The van der Waals surface area contributed by atoms with Crippen molar-refractivity contribution in [3.05, 3.63) is 34.5 Å². The minimum atomic E-state index is -4.01. The Bertz CT molecular complexity index is 804. The first-order valence-electron chi connectivity index (χ1n) is 6.62. The number of furan rings is 1. The van der Waals surface area contributed by atoms with Crippen molar-refractivity contribution in [1.29, 1.82) is 0 Å². The van der Waals surface area contributed by atoms with Gasteiger partial charge in [0.1, 0.15) is 22.0 Å². The molecule has 0 aliphatic rings. The highest BCUT2D eigenvalue weighted by molar-refractivity contribution is 7.89. The fourth-order valence-corrected chi connectivity index (χ4v) is 3.57. The Labute approximate surface area is 127 Å². The third kappa shape index (κ3) is 3.04. The first-order chi connectivity index (χ1) is 10.3. The minimum Gasteiger partial charge on any atom is -0.478 e. The maximum atomic E-state index is 12.4. The Hall–Kier alpha value is -2.13. The number of carboxylic acids is 1. The number of aromatic carboxylic acids is 1. The second-order valence-electron chi connectivity index (χ2n) is 4.79. The summed E-state index contributed by atoms with van der Waals surface area (Å²) in [7, 11) is -4.01. The van der Waals surface area contributed by atoms with E-state index in [1.54, 1.807) is 6.07 Å². The van der Waals surface area contributed by atoms with E-state index >= 15 is 0 Å². The number of aryl methyl sites for hydroxylation is 3. The molecule has 0 radical (unpaired) electrons. The smallest absolute Gasteiger partial charge is 0.340 e. The minimum absolute atomic E-state index is 0.0158. The second kappa shape index (κ2) is 5.93. The van der Waals surface area contributed by atoms with Crippen molar-refractivity contribution in [2.45, 2.75) is 38.6 Å². The lowest BCUT2D eigenvalue weighted by atomic mass is 10.2. The first kappa shape index (κ1) is 16.2. The standard InChI is InChI=1S/C13H17N3O5S/c1-4-9-5-10(16-15-9)6-14-22(19,20)12-8(3)21-7(2)11(12)13(17)18/h5,14H,4,6H2,1-3H3,(H,15,16)(H,17,18). The Kier molecular flexibility index (Phi) is 4.38. The number of H-pyrrole nitrogens is 1. The van der Waals surface area contributed by atoms with Crippen molar-refractivity contribution in [1.82, 2.24) is 14.9 Å². The van der Waals surface area contributed by atoms with Gasteiger partial charge in [-0.1, -0.05) is 6.92 Å². The molecule has 0 fully saturated rings. The fourth-order valence-electron chi connectivity index (χ4n) is 2.16. The van der Waals surface area contributed by atoms with Crippen molar-refractivity contribution in [3.63, 3.8) is 0 Å². The third-order valence-corrected chi connectivity index (χ3v) is 4.74. The summed E-state index contributed by atoms with van der Waals surface area (Å²) in [6.45, 7) is 4.75. The van der Waals surface area contributed by atoms with Gasteiger partial charge in [0.2, 0.25) is 10.0 Å². The predicted molar refractivity (Wildman–Crippen MR) is 77.1 cm³/mol. The SMILES string of the molecule is CCc1cc(CNS(=O)(=O)c2c(C)oc(C)c2C(=O)O)[nH]n1. The van der Waals surface area contributed by atoms with E-state index < -0.39 is 16.0 Å². The molecule has 0 aliphatic carbocycles. The van der Waals surface area contributed by atoms with Crippen LogP contribution in [-0.2, 0) is 23.0 Å². The summed E-state index contributed by atoms with van der Waals surface area (Å²) in [4.78, 5) is 10.9. The lowest BCUT2D eigenvalue weighted by Gasteiger charge is -2.05. The molecular formula is C13H17N3O5S.